The van der Waals surface area contributed by atoms with Gasteiger partial charge in [-0.1, -0.05) is 41.4 Å². The molecule has 4 rings (SSSR count). The molecule has 0 radical (unpaired) electrons. The summed E-state index contributed by atoms with van der Waals surface area (Å²) in [5.41, 5.74) is 2.29. The molecule has 25 heavy (non-hydrogen) atoms. The number of anilines is 1. The number of fused-ring (bicyclic) bond motifs is 1. The van der Waals surface area contributed by atoms with Crippen molar-refractivity contribution < 1.29 is 9.59 Å². The molecule has 126 valence electrons. The van der Waals surface area contributed by atoms with E-state index in [2.05, 4.69) is 5.10 Å². The lowest BCUT2D eigenvalue weighted by molar-refractivity contribution is -0.121. The number of carbonyl (C=O) groups excluding carboxylic acids is 2. The predicted molar refractivity (Wildman–Crippen MR) is 97.9 cm³/mol. The minimum atomic E-state index is -0.204. The molecule has 1 fully saturated rings. The van der Waals surface area contributed by atoms with Crippen LogP contribution in [0.25, 0.3) is 22.0 Å². The summed E-state index contributed by atoms with van der Waals surface area (Å²) in [6, 6.07) is 10.9. The summed E-state index contributed by atoms with van der Waals surface area (Å²) in [5, 5.41) is 6.34. The molecule has 0 spiro atoms. The van der Waals surface area contributed by atoms with Crippen molar-refractivity contribution in [3.05, 3.63) is 46.4 Å². The highest BCUT2D eigenvalue weighted by Gasteiger charge is 2.34. The number of nitrogens with zero attached hydrogens (tertiary/aromatic N) is 3. The zero-order chi connectivity index (χ0) is 17.7. The van der Waals surface area contributed by atoms with E-state index in [1.165, 1.54) is 4.90 Å². The molecule has 5 nitrogen and oxygen atoms in total. The molecule has 2 aromatic carbocycles. The number of carbonyl (C=O) groups is 2. The monoisotopic (exact) mass is 373 g/mol. The first-order chi connectivity index (χ1) is 12.0. The fraction of sp³-hybridized carbons (Fsp3) is 0.167. The third kappa shape index (κ3) is 2.51. The van der Waals surface area contributed by atoms with Crippen molar-refractivity contribution >= 4 is 51.7 Å². The number of hydrogen-bond donors (Lipinski definition) is 0. The van der Waals surface area contributed by atoms with Crippen LogP contribution in [0.1, 0.15) is 12.8 Å². The molecule has 1 aliphatic heterocycles. The average Bonchev–Trinajstić information content (AvgIpc) is 3.06. The number of halogens is 2. The Morgan fingerprint density at radius 3 is 2.40 bits per heavy atom. The lowest BCUT2D eigenvalue weighted by Gasteiger charge is -2.14. The van der Waals surface area contributed by atoms with Gasteiger partial charge in [-0.15, -0.1) is 0 Å². The summed E-state index contributed by atoms with van der Waals surface area (Å²) < 4.78 is 1.57. The summed E-state index contributed by atoms with van der Waals surface area (Å²) in [4.78, 5) is 25.5. The van der Waals surface area contributed by atoms with Crippen molar-refractivity contribution in [1.29, 1.82) is 0 Å². The van der Waals surface area contributed by atoms with Crippen LogP contribution in [0, 0.1) is 0 Å². The van der Waals surface area contributed by atoms with E-state index in [9.17, 15) is 9.59 Å². The SMILES string of the molecule is Cn1nc2c(-c3ccc(Cl)cc3Cl)cccc2c1N1C(=O)CCC1=O. The summed E-state index contributed by atoms with van der Waals surface area (Å²) in [7, 11) is 1.72. The van der Waals surface area contributed by atoms with Crippen molar-refractivity contribution in [2.24, 2.45) is 7.05 Å². The molecule has 1 aliphatic rings. The van der Waals surface area contributed by atoms with Crippen LogP contribution in [0.3, 0.4) is 0 Å². The fourth-order valence-electron chi connectivity index (χ4n) is 3.21. The van der Waals surface area contributed by atoms with E-state index in [0.29, 0.717) is 21.4 Å². The number of aromatic nitrogens is 2. The van der Waals surface area contributed by atoms with Gasteiger partial charge in [0.1, 0.15) is 11.3 Å². The molecule has 0 unspecified atom stereocenters. The van der Waals surface area contributed by atoms with Crippen LogP contribution in [0.2, 0.25) is 10.0 Å². The zero-order valence-electron chi connectivity index (χ0n) is 13.3. The van der Waals surface area contributed by atoms with Gasteiger partial charge < -0.3 is 0 Å². The first-order valence-corrected chi connectivity index (χ1v) is 8.50. The van der Waals surface area contributed by atoms with Gasteiger partial charge in [-0.3, -0.25) is 14.3 Å². The molecule has 2 amide bonds. The Morgan fingerprint density at radius 2 is 1.72 bits per heavy atom. The van der Waals surface area contributed by atoms with E-state index in [1.807, 2.05) is 24.3 Å². The molecule has 1 saturated heterocycles. The van der Waals surface area contributed by atoms with Crippen molar-refractivity contribution in [3.63, 3.8) is 0 Å². The lowest BCUT2D eigenvalue weighted by Crippen LogP contribution is -2.30. The molecule has 0 aliphatic carbocycles. The van der Waals surface area contributed by atoms with Crippen molar-refractivity contribution in [3.8, 4) is 11.1 Å². The minimum absolute atomic E-state index is 0.204. The highest BCUT2D eigenvalue weighted by atomic mass is 35.5. The van der Waals surface area contributed by atoms with E-state index in [0.717, 1.165) is 16.5 Å². The fourth-order valence-corrected chi connectivity index (χ4v) is 3.72. The van der Waals surface area contributed by atoms with E-state index in [4.69, 9.17) is 23.2 Å². The lowest BCUT2D eigenvalue weighted by atomic mass is 10.0. The summed E-state index contributed by atoms with van der Waals surface area (Å²) in [6.07, 6.45) is 0.461. The van der Waals surface area contributed by atoms with E-state index < -0.39 is 0 Å². The Balaban J connectivity index is 1.97. The van der Waals surface area contributed by atoms with Crippen LogP contribution >= 0.6 is 23.2 Å². The first kappa shape index (κ1) is 16.1. The first-order valence-electron chi connectivity index (χ1n) is 7.74. The Morgan fingerprint density at radius 1 is 1.00 bits per heavy atom. The van der Waals surface area contributed by atoms with E-state index >= 15 is 0 Å². The topological polar surface area (TPSA) is 55.2 Å². The molecule has 0 N–H and O–H groups in total. The van der Waals surface area contributed by atoms with E-state index in [-0.39, 0.29) is 24.7 Å². The maximum atomic E-state index is 12.2. The largest absolute Gasteiger partial charge is 0.274 e. The third-order valence-corrected chi connectivity index (χ3v) is 4.87. The van der Waals surface area contributed by atoms with Gasteiger partial charge in [0.25, 0.3) is 0 Å². The van der Waals surface area contributed by atoms with Gasteiger partial charge >= 0.3 is 0 Å². The van der Waals surface area contributed by atoms with Crippen LogP contribution in [-0.4, -0.2) is 21.6 Å². The normalized spacial score (nSPS) is 14.8. The predicted octanol–water partition coefficient (Wildman–Crippen LogP) is 4.20. The number of aryl methyl sites for hydroxylation is 1. The zero-order valence-corrected chi connectivity index (χ0v) is 14.8. The second-order valence-corrected chi connectivity index (χ2v) is 6.74. The van der Waals surface area contributed by atoms with Gasteiger partial charge in [-0.2, -0.15) is 5.10 Å². The standard InChI is InChI=1S/C18H13Cl2N3O2/c1-22-18(23-15(24)7-8-16(23)25)13-4-2-3-12(17(13)21-22)11-6-5-10(19)9-14(11)20/h2-6,9H,7-8H2,1H3. The van der Waals surface area contributed by atoms with Crippen LogP contribution in [-0.2, 0) is 16.6 Å². The van der Waals surface area contributed by atoms with Gasteiger partial charge in [0.05, 0.1) is 0 Å². The van der Waals surface area contributed by atoms with Crippen LogP contribution in [0.5, 0.6) is 0 Å². The molecule has 0 atom stereocenters. The van der Waals surface area contributed by atoms with Crippen LogP contribution in [0.4, 0.5) is 5.82 Å². The number of imide groups is 1. The van der Waals surface area contributed by atoms with Gasteiger partial charge in [0.2, 0.25) is 11.8 Å². The Bertz CT molecular complexity index is 1030. The summed E-state index contributed by atoms with van der Waals surface area (Å²) in [6.45, 7) is 0. The average molecular weight is 374 g/mol. The van der Waals surface area contributed by atoms with Crippen molar-refractivity contribution in [2.75, 3.05) is 4.90 Å². The number of rotatable bonds is 2. The summed E-state index contributed by atoms with van der Waals surface area (Å²) >= 11 is 12.3. The van der Waals surface area contributed by atoms with E-state index in [1.54, 1.807) is 23.9 Å². The van der Waals surface area contributed by atoms with Crippen LogP contribution < -0.4 is 4.90 Å². The molecule has 1 aromatic heterocycles. The molecule has 2 heterocycles. The number of amides is 2. The molecule has 0 saturated carbocycles. The maximum Gasteiger partial charge on any atom is 0.235 e. The van der Waals surface area contributed by atoms with Gasteiger partial charge in [0, 0.05) is 46.4 Å². The maximum absolute atomic E-state index is 12.2. The molecular weight excluding hydrogens is 361 g/mol. The minimum Gasteiger partial charge on any atom is -0.274 e. The number of hydrogen-bond acceptors (Lipinski definition) is 3. The molecule has 0 bridgehead atoms. The highest BCUT2D eigenvalue weighted by molar-refractivity contribution is 6.36. The van der Waals surface area contributed by atoms with Gasteiger partial charge in [-0.25, -0.2) is 4.90 Å². The van der Waals surface area contributed by atoms with Gasteiger partial charge in [0.15, 0.2) is 0 Å². The molecule has 7 heteroatoms. The number of benzene rings is 2. The Hall–Kier alpha value is -2.37. The second kappa shape index (κ2) is 5.86. The van der Waals surface area contributed by atoms with Crippen molar-refractivity contribution in [1.82, 2.24) is 9.78 Å². The molecular formula is C18H13Cl2N3O2. The third-order valence-electron chi connectivity index (χ3n) is 4.32. The molecule has 3 aromatic rings. The highest BCUT2D eigenvalue weighted by Crippen LogP contribution is 2.38. The van der Waals surface area contributed by atoms with Gasteiger partial charge in [-0.05, 0) is 18.2 Å². The van der Waals surface area contributed by atoms with Crippen LogP contribution in [0.15, 0.2) is 36.4 Å². The quantitative estimate of drug-likeness (QED) is 0.632. The second-order valence-electron chi connectivity index (χ2n) is 5.90. The summed E-state index contributed by atoms with van der Waals surface area (Å²) in [5.74, 6) is 0.0871. The smallest absolute Gasteiger partial charge is 0.235 e. The van der Waals surface area contributed by atoms with Crippen molar-refractivity contribution in [2.45, 2.75) is 12.8 Å². The Kier molecular flexibility index (Phi) is 3.78. The Labute approximate surface area is 153 Å².